The Balaban J connectivity index is 1.42. The van der Waals surface area contributed by atoms with Gasteiger partial charge in [0, 0.05) is 17.6 Å². The molecule has 1 fully saturated rings. The summed E-state index contributed by atoms with van der Waals surface area (Å²) < 4.78 is 30.2. The number of halogens is 1. The van der Waals surface area contributed by atoms with Crippen molar-refractivity contribution in [1.82, 2.24) is 19.1 Å². The van der Waals surface area contributed by atoms with Crippen molar-refractivity contribution < 1.29 is 13.2 Å². The number of rotatable bonds is 5. The maximum atomic E-state index is 13.2. The summed E-state index contributed by atoms with van der Waals surface area (Å²) in [6, 6.07) is 14.6. The van der Waals surface area contributed by atoms with Gasteiger partial charge in [-0.3, -0.25) is 4.79 Å². The molecule has 11 heteroatoms. The van der Waals surface area contributed by atoms with Crippen molar-refractivity contribution in [2.45, 2.75) is 30.7 Å². The molecule has 3 heterocycles. The van der Waals surface area contributed by atoms with Crippen LogP contribution in [0.2, 0.25) is 5.02 Å². The fraction of sp³-hybridized carbons (Fsp3) is 0.227. The minimum Gasteiger partial charge on any atom is -0.309 e. The number of anilines is 1. The molecule has 1 aliphatic heterocycles. The van der Waals surface area contributed by atoms with Gasteiger partial charge in [-0.05, 0) is 56.2 Å². The minimum absolute atomic E-state index is 0.113. The first-order valence-corrected chi connectivity index (χ1v) is 13.0. The van der Waals surface area contributed by atoms with E-state index in [0.717, 1.165) is 10.2 Å². The Morgan fingerprint density at radius 3 is 2.70 bits per heavy atom. The van der Waals surface area contributed by atoms with E-state index < -0.39 is 22.0 Å². The molecule has 8 nitrogen and oxygen atoms in total. The zero-order valence-electron chi connectivity index (χ0n) is 17.6. The normalized spacial score (nSPS) is 17.0. The van der Waals surface area contributed by atoms with Crippen molar-refractivity contribution in [3.63, 3.8) is 0 Å². The SMILES string of the molecule is Cc1cc(NC(=O)C2CCCN2S(=O)(=O)c2ccc(Cl)cc2)n(-c2nc3ccccc3s2)n1. The van der Waals surface area contributed by atoms with Crippen LogP contribution in [0.5, 0.6) is 0 Å². The predicted molar refractivity (Wildman–Crippen MR) is 128 cm³/mol. The van der Waals surface area contributed by atoms with Crippen LogP contribution >= 0.6 is 22.9 Å². The first-order valence-electron chi connectivity index (χ1n) is 10.3. The van der Waals surface area contributed by atoms with E-state index in [1.54, 1.807) is 10.7 Å². The van der Waals surface area contributed by atoms with Crippen molar-refractivity contribution in [3.8, 4) is 5.13 Å². The van der Waals surface area contributed by atoms with Gasteiger partial charge < -0.3 is 5.32 Å². The molecule has 4 aromatic rings. The number of carbonyl (C=O) groups is 1. The molecule has 2 aromatic carbocycles. The van der Waals surface area contributed by atoms with Crippen LogP contribution in [0.25, 0.3) is 15.3 Å². The number of hydrogen-bond acceptors (Lipinski definition) is 6. The first-order chi connectivity index (χ1) is 15.8. The third kappa shape index (κ3) is 4.15. The van der Waals surface area contributed by atoms with Gasteiger partial charge in [0.05, 0.1) is 20.8 Å². The van der Waals surface area contributed by atoms with E-state index in [0.29, 0.717) is 34.5 Å². The Labute approximate surface area is 199 Å². The molecule has 170 valence electrons. The second kappa shape index (κ2) is 8.53. The molecule has 0 bridgehead atoms. The number of nitrogens with zero attached hydrogens (tertiary/aromatic N) is 4. The number of thiazole rings is 1. The van der Waals surface area contributed by atoms with E-state index >= 15 is 0 Å². The molecule has 0 saturated carbocycles. The fourth-order valence-corrected chi connectivity index (χ4v) is 6.64. The van der Waals surface area contributed by atoms with Crippen molar-refractivity contribution in [2.24, 2.45) is 0 Å². The first kappa shape index (κ1) is 22.0. The second-order valence-electron chi connectivity index (χ2n) is 7.76. The maximum absolute atomic E-state index is 13.2. The molecule has 1 atom stereocenters. The number of carbonyl (C=O) groups excluding carboxylic acids is 1. The number of nitrogens with one attached hydrogen (secondary N) is 1. The van der Waals surface area contributed by atoms with Gasteiger partial charge in [0.25, 0.3) is 0 Å². The van der Waals surface area contributed by atoms with Crippen molar-refractivity contribution in [3.05, 3.63) is 65.3 Å². The highest BCUT2D eigenvalue weighted by atomic mass is 35.5. The Bertz CT molecular complexity index is 1410. The lowest BCUT2D eigenvalue weighted by atomic mass is 10.2. The van der Waals surface area contributed by atoms with Crippen LogP contribution in [0.3, 0.4) is 0 Å². The van der Waals surface area contributed by atoms with E-state index in [1.807, 2.05) is 31.2 Å². The third-order valence-corrected chi connectivity index (χ3v) is 8.66. The lowest BCUT2D eigenvalue weighted by Gasteiger charge is -2.23. The summed E-state index contributed by atoms with van der Waals surface area (Å²) in [5, 5.41) is 8.43. The number of aromatic nitrogens is 3. The molecule has 5 rings (SSSR count). The van der Waals surface area contributed by atoms with Crippen LogP contribution in [-0.4, -0.2) is 46.0 Å². The summed E-state index contributed by atoms with van der Waals surface area (Å²) in [5.74, 6) is 0.0552. The largest absolute Gasteiger partial charge is 0.309 e. The molecule has 33 heavy (non-hydrogen) atoms. The summed E-state index contributed by atoms with van der Waals surface area (Å²) in [5.41, 5.74) is 1.56. The van der Waals surface area contributed by atoms with Crippen LogP contribution in [0.1, 0.15) is 18.5 Å². The molecule has 0 spiro atoms. The van der Waals surface area contributed by atoms with Gasteiger partial charge in [-0.1, -0.05) is 35.1 Å². The fourth-order valence-electron chi connectivity index (χ4n) is 3.93. The molecular formula is C22H20ClN5O3S2. The van der Waals surface area contributed by atoms with Crippen LogP contribution < -0.4 is 5.32 Å². The molecule has 1 N–H and O–H groups in total. The molecule has 1 unspecified atom stereocenters. The van der Waals surface area contributed by atoms with E-state index in [1.165, 1.54) is 39.9 Å². The van der Waals surface area contributed by atoms with Crippen molar-refractivity contribution in [1.29, 1.82) is 0 Å². The van der Waals surface area contributed by atoms with Crippen molar-refractivity contribution in [2.75, 3.05) is 11.9 Å². The average Bonchev–Trinajstić information content (AvgIpc) is 3.52. The lowest BCUT2D eigenvalue weighted by Crippen LogP contribution is -2.43. The molecule has 0 radical (unpaired) electrons. The summed E-state index contributed by atoms with van der Waals surface area (Å²) >= 11 is 7.36. The maximum Gasteiger partial charge on any atom is 0.243 e. The molecule has 1 amide bonds. The molecule has 2 aromatic heterocycles. The van der Waals surface area contributed by atoms with Crippen LogP contribution in [0.15, 0.2) is 59.5 Å². The molecule has 1 aliphatic rings. The Kier molecular flexibility index (Phi) is 5.69. The topological polar surface area (TPSA) is 97.2 Å². The number of hydrogen-bond donors (Lipinski definition) is 1. The highest BCUT2D eigenvalue weighted by molar-refractivity contribution is 7.89. The van der Waals surface area contributed by atoms with Crippen LogP contribution in [0, 0.1) is 6.92 Å². The van der Waals surface area contributed by atoms with Gasteiger partial charge >= 0.3 is 0 Å². The Morgan fingerprint density at radius 2 is 1.94 bits per heavy atom. The number of fused-ring (bicyclic) bond motifs is 1. The predicted octanol–water partition coefficient (Wildman–Crippen LogP) is 4.24. The zero-order valence-corrected chi connectivity index (χ0v) is 20.0. The summed E-state index contributed by atoms with van der Waals surface area (Å²) in [6.45, 7) is 2.10. The number of aryl methyl sites for hydroxylation is 1. The highest BCUT2D eigenvalue weighted by Crippen LogP contribution is 2.30. The molecule has 0 aliphatic carbocycles. The molecular weight excluding hydrogens is 482 g/mol. The number of amides is 1. The minimum atomic E-state index is -3.84. The zero-order chi connectivity index (χ0) is 23.2. The van der Waals surface area contributed by atoms with E-state index in [-0.39, 0.29) is 11.4 Å². The monoisotopic (exact) mass is 501 g/mol. The third-order valence-electron chi connectivity index (χ3n) is 5.47. The van der Waals surface area contributed by atoms with Gasteiger partial charge in [0.2, 0.25) is 21.1 Å². The second-order valence-corrected chi connectivity index (χ2v) is 11.1. The number of para-hydroxylation sites is 1. The van der Waals surface area contributed by atoms with Gasteiger partial charge in [-0.25, -0.2) is 13.4 Å². The highest BCUT2D eigenvalue weighted by Gasteiger charge is 2.39. The number of benzene rings is 2. The smallest absolute Gasteiger partial charge is 0.243 e. The quantitative estimate of drug-likeness (QED) is 0.441. The van der Waals surface area contributed by atoms with Crippen LogP contribution in [-0.2, 0) is 14.8 Å². The van der Waals surface area contributed by atoms with E-state index in [2.05, 4.69) is 15.4 Å². The summed E-state index contributed by atoms with van der Waals surface area (Å²) in [7, 11) is -3.84. The molecule has 1 saturated heterocycles. The van der Waals surface area contributed by atoms with E-state index in [9.17, 15) is 13.2 Å². The van der Waals surface area contributed by atoms with Gasteiger partial charge in [0.15, 0.2) is 0 Å². The number of sulfonamides is 1. The summed E-state index contributed by atoms with van der Waals surface area (Å²) in [4.78, 5) is 18.0. The Hall–Kier alpha value is -2.79. The van der Waals surface area contributed by atoms with E-state index in [4.69, 9.17) is 11.6 Å². The lowest BCUT2D eigenvalue weighted by molar-refractivity contribution is -0.119. The van der Waals surface area contributed by atoms with Gasteiger partial charge in [-0.15, -0.1) is 0 Å². The van der Waals surface area contributed by atoms with Gasteiger partial charge in [-0.2, -0.15) is 14.1 Å². The van der Waals surface area contributed by atoms with Crippen LogP contribution in [0.4, 0.5) is 5.82 Å². The van der Waals surface area contributed by atoms with Gasteiger partial charge in [0.1, 0.15) is 11.9 Å². The average molecular weight is 502 g/mol. The standard InChI is InChI=1S/C22H20ClN5O3S2/c1-14-13-20(28(26-14)22-24-17-5-2-3-7-19(17)32-22)25-21(29)18-6-4-12-27(18)33(30,31)16-10-8-15(23)9-11-16/h2-3,5,7-11,13,18H,4,6,12H2,1H3,(H,25,29). The summed E-state index contributed by atoms with van der Waals surface area (Å²) in [6.07, 6.45) is 1.04. The van der Waals surface area contributed by atoms with Crippen molar-refractivity contribution >= 4 is 54.9 Å². The Morgan fingerprint density at radius 1 is 1.18 bits per heavy atom.